The van der Waals surface area contributed by atoms with Gasteiger partial charge in [-0.15, -0.1) is 0 Å². The third-order valence-electron chi connectivity index (χ3n) is 8.04. The third-order valence-corrected chi connectivity index (χ3v) is 8.04. The van der Waals surface area contributed by atoms with Gasteiger partial charge in [0.1, 0.15) is 23.7 Å². The lowest BCUT2D eigenvalue weighted by Gasteiger charge is -2.35. The van der Waals surface area contributed by atoms with Crippen LogP contribution in [-0.2, 0) is 19.1 Å². The highest BCUT2D eigenvalue weighted by molar-refractivity contribution is 5.96. The van der Waals surface area contributed by atoms with E-state index in [2.05, 4.69) is 10.6 Å². The number of nitrogens with zero attached hydrogens (tertiary/aromatic N) is 1. The third kappa shape index (κ3) is 4.74. The van der Waals surface area contributed by atoms with Gasteiger partial charge in [0.25, 0.3) is 0 Å². The van der Waals surface area contributed by atoms with Crippen molar-refractivity contribution in [1.82, 2.24) is 15.5 Å². The molecule has 4 fully saturated rings. The van der Waals surface area contributed by atoms with Crippen molar-refractivity contribution < 1.29 is 34.1 Å². The van der Waals surface area contributed by atoms with Gasteiger partial charge in [0.05, 0.1) is 6.10 Å². The Hall–Kier alpha value is -2.36. The van der Waals surface area contributed by atoms with E-state index < -0.39 is 53.0 Å². The van der Waals surface area contributed by atoms with Gasteiger partial charge >= 0.3 is 12.1 Å². The molecule has 0 bridgehead atoms. The molecule has 4 N–H and O–H groups in total. The highest BCUT2D eigenvalue weighted by atomic mass is 16.6. The first kappa shape index (κ1) is 24.8. The minimum atomic E-state index is -1.32. The molecule has 10 nitrogen and oxygen atoms in total. The van der Waals surface area contributed by atoms with Gasteiger partial charge in [0.2, 0.25) is 11.8 Å². The second-order valence-electron chi connectivity index (χ2n) is 11.7. The normalized spacial score (nSPS) is 36.9. The average Bonchev–Trinajstić information content (AvgIpc) is 3.56. The molecule has 34 heavy (non-hydrogen) atoms. The van der Waals surface area contributed by atoms with Crippen LogP contribution in [0, 0.1) is 23.2 Å². The Balaban J connectivity index is 1.44. The highest BCUT2D eigenvalue weighted by Crippen LogP contribution is 2.52. The van der Waals surface area contributed by atoms with Crippen molar-refractivity contribution in [2.24, 2.45) is 23.2 Å². The van der Waals surface area contributed by atoms with Crippen molar-refractivity contribution in [3.05, 3.63) is 0 Å². The maximum Gasteiger partial charge on any atom is 0.408 e. The van der Waals surface area contributed by atoms with Gasteiger partial charge in [-0.3, -0.25) is 9.59 Å². The molecule has 0 spiro atoms. The fourth-order valence-corrected chi connectivity index (χ4v) is 5.77. The smallest absolute Gasteiger partial charge is 0.408 e. The zero-order chi connectivity index (χ0) is 25.0. The summed E-state index contributed by atoms with van der Waals surface area (Å²) in [6, 6.07) is -1.99. The summed E-state index contributed by atoms with van der Waals surface area (Å²) in [5.41, 5.74) is -2.00. The number of carboxylic acid groups (broad SMARTS) is 1. The number of carbonyl (C=O) groups excluding carboxylic acids is 3. The molecule has 3 aliphatic carbocycles. The van der Waals surface area contributed by atoms with E-state index in [0.717, 1.165) is 12.8 Å². The molecule has 3 amide bonds. The molecule has 190 valence electrons. The Labute approximate surface area is 199 Å². The van der Waals surface area contributed by atoms with Gasteiger partial charge < -0.3 is 30.5 Å². The van der Waals surface area contributed by atoms with Gasteiger partial charge in [-0.1, -0.05) is 34.1 Å². The Morgan fingerprint density at radius 3 is 2.29 bits per heavy atom. The van der Waals surface area contributed by atoms with Gasteiger partial charge in [0.15, 0.2) is 0 Å². The number of nitrogens with one attached hydrogen (secondary N) is 2. The monoisotopic (exact) mass is 479 g/mol. The Kier molecular flexibility index (Phi) is 6.33. The lowest BCUT2D eigenvalue weighted by molar-refractivity contribution is -0.146. The van der Waals surface area contributed by atoms with E-state index >= 15 is 0 Å². The number of β-amino-alcohol motifs (C(OH)–C–C–N with tert-alkyl or cyclic N) is 1. The summed E-state index contributed by atoms with van der Waals surface area (Å²) in [4.78, 5) is 52.3. The van der Waals surface area contributed by atoms with Gasteiger partial charge in [-0.25, -0.2) is 9.59 Å². The van der Waals surface area contributed by atoms with E-state index in [9.17, 15) is 29.4 Å². The summed E-state index contributed by atoms with van der Waals surface area (Å²) in [6.45, 7) is 7.21. The zero-order valence-electron chi connectivity index (χ0n) is 20.4. The van der Waals surface area contributed by atoms with Crippen LogP contribution in [-0.4, -0.2) is 75.4 Å². The second kappa shape index (κ2) is 8.70. The first-order valence-corrected chi connectivity index (χ1v) is 12.4. The van der Waals surface area contributed by atoms with Gasteiger partial charge in [-0.05, 0) is 48.9 Å². The minimum Gasteiger partial charge on any atom is -0.479 e. The minimum absolute atomic E-state index is 0.0101. The van der Waals surface area contributed by atoms with E-state index in [4.69, 9.17) is 4.74 Å². The number of amides is 3. The largest absolute Gasteiger partial charge is 0.479 e. The zero-order valence-corrected chi connectivity index (χ0v) is 20.4. The van der Waals surface area contributed by atoms with E-state index in [0.29, 0.717) is 24.7 Å². The molecule has 8 atom stereocenters. The van der Waals surface area contributed by atoms with Crippen molar-refractivity contribution in [2.75, 3.05) is 6.54 Å². The molecule has 0 radical (unpaired) electrons. The maximum absolute atomic E-state index is 13.6. The van der Waals surface area contributed by atoms with E-state index in [1.54, 1.807) is 20.8 Å². The SMILES string of the molecule is CC[C@@H]1C[C@]1(NC(=O)[C@@H]1C[C@@H](O)CN1C(=O)C(NC(=O)OC1C[C@@H]2C[C@@H]2C1)C(C)(C)C)C(=O)O. The highest BCUT2D eigenvalue weighted by Gasteiger charge is 2.61. The van der Waals surface area contributed by atoms with E-state index in [-0.39, 0.29) is 25.0 Å². The number of aliphatic carboxylic acids is 1. The number of hydrogen-bond acceptors (Lipinski definition) is 6. The molecule has 1 saturated heterocycles. The predicted molar refractivity (Wildman–Crippen MR) is 121 cm³/mol. The van der Waals surface area contributed by atoms with Crippen LogP contribution < -0.4 is 10.6 Å². The number of fused-ring (bicyclic) bond motifs is 1. The summed E-state index contributed by atoms with van der Waals surface area (Å²) in [5, 5.41) is 25.3. The Bertz CT molecular complexity index is 861. The molecule has 0 aromatic carbocycles. The van der Waals surface area contributed by atoms with Crippen molar-refractivity contribution in [1.29, 1.82) is 0 Å². The summed E-state index contributed by atoms with van der Waals surface area (Å²) < 4.78 is 5.56. The fraction of sp³-hybridized carbons (Fsp3) is 0.833. The summed E-state index contributed by atoms with van der Waals surface area (Å²) >= 11 is 0. The van der Waals surface area contributed by atoms with Gasteiger partial charge in [-0.2, -0.15) is 0 Å². The van der Waals surface area contributed by atoms with Crippen LogP contribution in [0.5, 0.6) is 0 Å². The lowest BCUT2D eigenvalue weighted by atomic mass is 9.85. The van der Waals surface area contributed by atoms with Crippen LogP contribution >= 0.6 is 0 Å². The maximum atomic E-state index is 13.6. The number of aliphatic hydroxyl groups excluding tert-OH is 1. The number of hydrogen-bond donors (Lipinski definition) is 4. The number of carboxylic acids is 1. The molecule has 3 saturated carbocycles. The molecule has 1 heterocycles. The van der Waals surface area contributed by atoms with Gasteiger partial charge in [0, 0.05) is 13.0 Å². The quantitative estimate of drug-likeness (QED) is 0.430. The number of likely N-dealkylation sites (tertiary alicyclic amines) is 1. The molecule has 1 aliphatic heterocycles. The first-order valence-electron chi connectivity index (χ1n) is 12.4. The molecule has 4 rings (SSSR count). The predicted octanol–water partition coefficient (Wildman–Crippen LogP) is 1.26. The van der Waals surface area contributed by atoms with E-state index in [1.807, 2.05) is 6.92 Å². The Morgan fingerprint density at radius 2 is 1.76 bits per heavy atom. The van der Waals surface area contributed by atoms with Crippen LogP contribution in [0.15, 0.2) is 0 Å². The van der Waals surface area contributed by atoms with Crippen LogP contribution in [0.2, 0.25) is 0 Å². The molecule has 0 aromatic rings. The molecule has 4 aliphatic rings. The summed E-state index contributed by atoms with van der Waals surface area (Å²) in [7, 11) is 0. The van der Waals surface area contributed by atoms with Crippen molar-refractivity contribution >= 4 is 23.9 Å². The molecule has 2 unspecified atom stereocenters. The first-order chi connectivity index (χ1) is 15.9. The number of alkyl carbamates (subject to hydrolysis) is 1. The average molecular weight is 480 g/mol. The summed E-state index contributed by atoms with van der Waals surface area (Å²) in [6.07, 6.45) is 2.17. The topological polar surface area (TPSA) is 145 Å². The van der Waals surface area contributed by atoms with Crippen molar-refractivity contribution in [3.8, 4) is 0 Å². The standard InChI is InChI=1S/C24H37N3O7/c1-5-14-10-24(14,21(31)32)26-19(29)17-9-15(28)11-27(17)20(30)18(23(2,3)4)25-22(33)34-16-7-12-6-13(12)8-16/h12-18,28H,5-11H2,1-4H3,(H,25,33)(H,26,29)(H,31,32)/t12-,13+,14-,15-,16?,17+,18?,24-/m1/s1. The number of carbonyl (C=O) groups is 4. The Morgan fingerprint density at radius 1 is 1.12 bits per heavy atom. The molecular formula is C24H37N3O7. The van der Waals surface area contributed by atoms with Crippen LogP contribution in [0.1, 0.15) is 66.2 Å². The van der Waals surface area contributed by atoms with E-state index in [1.165, 1.54) is 11.3 Å². The van der Waals surface area contributed by atoms with Crippen molar-refractivity contribution in [3.63, 3.8) is 0 Å². The lowest BCUT2D eigenvalue weighted by Crippen LogP contribution is -2.59. The van der Waals surface area contributed by atoms with Crippen LogP contribution in [0.25, 0.3) is 0 Å². The van der Waals surface area contributed by atoms with Crippen molar-refractivity contribution in [2.45, 2.75) is 96.1 Å². The number of rotatable bonds is 7. The number of ether oxygens (including phenoxy) is 1. The van der Waals surface area contributed by atoms with Crippen LogP contribution in [0.3, 0.4) is 0 Å². The molecule has 10 heteroatoms. The fourth-order valence-electron chi connectivity index (χ4n) is 5.77. The summed E-state index contributed by atoms with van der Waals surface area (Å²) in [5.74, 6) is -1.05. The van der Waals surface area contributed by atoms with Crippen LogP contribution in [0.4, 0.5) is 4.79 Å². The molecular weight excluding hydrogens is 442 g/mol. The number of aliphatic hydroxyl groups is 1. The second-order valence-corrected chi connectivity index (χ2v) is 11.7. The molecule has 0 aromatic heterocycles.